The molecule has 0 aliphatic carbocycles. The zero-order valence-corrected chi connectivity index (χ0v) is 17.8. The van der Waals surface area contributed by atoms with E-state index < -0.39 is 0 Å². The van der Waals surface area contributed by atoms with Gasteiger partial charge in [0, 0.05) is 52.9 Å². The number of methoxy groups -OCH3 is 1. The van der Waals surface area contributed by atoms with Crippen LogP contribution in [-0.4, -0.2) is 70.1 Å². The van der Waals surface area contributed by atoms with Crippen LogP contribution in [0, 0.1) is 6.92 Å². The standard InChI is InChI=1S/C22H37N3O3/c1-4-23-22(24-13-5-17-27-20-9-7-19(2)8-10-20)25-14-11-21(12-15-25)28-18-6-16-26-3/h7-10,21H,4-6,11-18H2,1-3H3,(H,23,24). The molecule has 1 saturated heterocycles. The second kappa shape index (κ2) is 13.4. The van der Waals surface area contributed by atoms with Crippen LogP contribution in [0.4, 0.5) is 0 Å². The van der Waals surface area contributed by atoms with Gasteiger partial charge in [0.05, 0.1) is 12.7 Å². The Hall–Kier alpha value is -1.79. The smallest absolute Gasteiger partial charge is 0.193 e. The Balaban J connectivity index is 1.68. The number of guanidine groups is 1. The third-order valence-electron chi connectivity index (χ3n) is 4.78. The zero-order chi connectivity index (χ0) is 20.0. The molecule has 158 valence electrons. The minimum absolute atomic E-state index is 0.360. The minimum Gasteiger partial charge on any atom is -0.494 e. The van der Waals surface area contributed by atoms with Crippen molar-refractivity contribution in [3.63, 3.8) is 0 Å². The number of hydrogen-bond donors (Lipinski definition) is 1. The van der Waals surface area contributed by atoms with Gasteiger partial charge in [0.25, 0.3) is 0 Å². The molecule has 1 aliphatic heterocycles. The SMILES string of the molecule is CCNC(=NCCCOc1ccc(C)cc1)N1CCC(OCCCOC)CC1. The third kappa shape index (κ3) is 8.48. The molecule has 0 saturated carbocycles. The molecule has 6 heteroatoms. The molecule has 0 spiro atoms. The van der Waals surface area contributed by atoms with Crippen molar-refractivity contribution in [2.24, 2.45) is 4.99 Å². The Bertz CT molecular complexity index is 555. The van der Waals surface area contributed by atoms with E-state index in [0.717, 1.165) is 76.8 Å². The Morgan fingerprint density at radius 1 is 1.11 bits per heavy atom. The van der Waals surface area contributed by atoms with Gasteiger partial charge in [-0.25, -0.2) is 0 Å². The maximum absolute atomic E-state index is 5.95. The third-order valence-corrected chi connectivity index (χ3v) is 4.78. The summed E-state index contributed by atoms with van der Waals surface area (Å²) in [6, 6.07) is 8.18. The predicted octanol–water partition coefficient (Wildman–Crippen LogP) is 3.25. The molecule has 1 aromatic carbocycles. The highest BCUT2D eigenvalue weighted by Crippen LogP contribution is 2.14. The number of aryl methyl sites for hydroxylation is 1. The lowest BCUT2D eigenvalue weighted by Gasteiger charge is -2.34. The molecule has 0 atom stereocenters. The summed E-state index contributed by atoms with van der Waals surface area (Å²) in [5.41, 5.74) is 1.25. The highest BCUT2D eigenvalue weighted by Gasteiger charge is 2.21. The van der Waals surface area contributed by atoms with E-state index >= 15 is 0 Å². The van der Waals surface area contributed by atoms with E-state index in [0.29, 0.717) is 12.7 Å². The van der Waals surface area contributed by atoms with E-state index in [-0.39, 0.29) is 0 Å². The van der Waals surface area contributed by atoms with Gasteiger partial charge in [0.2, 0.25) is 0 Å². The van der Waals surface area contributed by atoms with Crippen molar-refractivity contribution in [2.75, 3.05) is 53.1 Å². The van der Waals surface area contributed by atoms with Crippen molar-refractivity contribution in [3.8, 4) is 5.75 Å². The largest absolute Gasteiger partial charge is 0.494 e. The summed E-state index contributed by atoms with van der Waals surface area (Å²) < 4.78 is 16.8. The van der Waals surface area contributed by atoms with Crippen molar-refractivity contribution in [3.05, 3.63) is 29.8 Å². The van der Waals surface area contributed by atoms with E-state index in [1.807, 2.05) is 12.1 Å². The number of aliphatic imine (C=N–C) groups is 1. The van der Waals surface area contributed by atoms with E-state index in [9.17, 15) is 0 Å². The van der Waals surface area contributed by atoms with Crippen LogP contribution in [0.2, 0.25) is 0 Å². The molecule has 0 radical (unpaired) electrons. The summed E-state index contributed by atoms with van der Waals surface area (Å²) in [5, 5.41) is 3.42. The molecule has 1 aliphatic rings. The monoisotopic (exact) mass is 391 g/mol. The molecule has 0 bridgehead atoms. The van der Waals surface area contributed by atoms with Crippen molar-refractivity contribution in [1.29, 1.82) is 0 Å². The van der Waals surface area contributed by atoms with E-state index in [4.69, 9.17) is 19.2 Å². The Kier molecular flexibility index (Phi) is 10.8. The first kappa shape index (κ1) is 22.5. The average molecular weight is 392 g/mol. The van der Waals surface area contributed by atoms with Crippen molar-refractivity contribution >= 4 is 5.96 Å². The van der Waals surface area contributed by atoms with E-state index in [1.54, 1.807) is 7.11 Å². The molecule has 2 rings (SSSR count). The summed E-state index contributed by atoms with van der Waals surface area (Å²) in [6.07, 6.45) is 4.33. The first-order valence-corrected chi connectivity index (χ1v) is 10.6. The van der Waals surface area contributed by atoms with Crippen LogP contribution in [0.1, 0.15) is 38.2 Å². The van der Waals surface area contributed by atoms with Crippen LogP contribution in [0.3, 0.4) is 0 Å². The van der Waals surface area contributed by atoms with Crippen LogP contribution in [0.15, 0.2) is 29.3 Å². The minimum atomic E-state index is 0.360. The second-order valence-corrected chi connectivity index (χ2v) is 7.15. The molecule has 1 fully saturated rings. The number of hydrogen-bond acceptors (Lipinski definition) is 4. The summed E-state index contributed by atoms with van der Waals surface area (Å²) >= 11 is 0. The maximum Gasteiger partial charge on any atom is 0.193 e. The van der Waals surface area contributed by atoms with Gasteiger partial charge in [-0.05, 0) is 45.2 Å². The van der Waals surface area contributed by atoms with E-state index in [2.05, 4.69) is 36.2 Å². The summed E-state index contributed by atoms with van der Waals surface area (Å²) in [4.78, 5) is 7.13. The number of piperidine rings is 1. The summed E-state index contributed by atoms with van der Waals surface area (Å²) in [6.45, 7) is 10.1. The van der Waals surface area contributed by atoms with Crippen molar-refractivity contribution in [2.45, 2.75) is 45.6 Å². The Morgan fingerprint density at radius 3 is 2.54 bits per heavy atom. The lowest BCUT2D eigenvalue weighted by Crippen LogP contribution is -2.47. The van der Waals surface area contributed by atoms with Crippen LogP contribution >= 0.6 is 0 Å². The van der Waals surface area contributed by atoms with Gasteiger partial charge in [-0.15, -0.1) is 0 Å². The van der Waals surface area contributed by atoms with Gasteiger partial charge in [-0.3, -0.25) is 4.99 Å². The van der Waals surface area contributed by atoms with Crippen molar-refractivity contribution in [1.82, 2.24) is 10.2 Å². The maximum atomic E-state index is 5.95. The molecule has 1 heterocycles. The van der Waals surface area contributed by atoms with Gasteiger partial charge >= 0.3 is 0 Å². The fourth-order valence-electron chi connectivity index (χ4n) is 3.19. The molecule has 28 heavy (non-hydrogen) atoms. The number of nitrogens with one attached hydrogen (secondary N) is 1. The van der Waals surface area contributed by atoms with Gasteiger partial charge in [0.1, 0.15) is 5.75 Å². The van der Waals surface area contributed by atoms with E-state index in [1.165, 1.54) is 5.56 Å². The zero-order valence-electron chi connectivity index (χ0n) is 17.8. The number of nitrogens with zero attached hydrogens (tertiary/aromatic N) is 2. The topological polar surface area (TPSA) is 55.3 Å². The van der Waals surface area contributed by atoms with Gasteiger partial charge in [-0.2, -0.15) is 0 Å². The van der Waals surface area contributed by atoms with Crippen LogP contribution in [0.5, 0.6) is 5.75 Å². The molecule has 1 N–H and O–H groups in total. The summed E-state index contributed by atoms with van der Waals surface area (Å²) in [7, 11) is 1.73. The molecular weight excluding hydrogens is 354 g/mol. The van der Waals surface area contributed by atoms with Gasteiger partial charge < -0.3 is 24.4 Å². The number of ether oxygens (including phenoxy) is 3. The van der Waals surface area contributed by atoms with Crippen LogP contribution < -0.4 is 10.1 Å². The molecule has 0 amide bonds. The molecular formula is C22H37N3O3. The normalized spacial score (nSPS) is 15.7. The molecule has 0 unspecified atom stereocenters. The van der Waals surface area contributed by atoms with Gasteiger partial charge in [-0.1, -0.05) is 17.7 Å². The first-order valence-electron chi connectivity index (χ1n) is 10.6. The van der Waals surface area contributed by atoms with Crippen LogP contribution in [0.25, 0.3) is 0 Å². The predicted molar refractivity (Wildman–Crippen MR) is 114 cm³/mol. The fourth-order valence-corrected chi connectivity index (χ4v) is 3.19. The number of benzene rings is 1. The van der Waals surface area contributed by atoms with Gasteiger partial charge in [0.15, 0.2) is 5.96 Å². The summed E-state index contributed by atoms with van der Waals surface area (Å²) in [5.74, 6) is 1.93. The fraction of sp³-hybridized carbons (Fsp3) is 0.682. The Morgan fingerprint density at radius 2 is 1.86 bits per heavy atom. The lowest BCUT2D eigenvalue weighted by molar-refractivity contribution is 0.00990. The first-order chi connectivity index (χ1) is 13.7. The molecule has 1 aromatic rings. The van der Waals surface area contributed by atoms with Crippen LogP contribution in [-0.2, 0) is 9.47 Å². The number of rotatable bonds is 11. The Labute approximate surface area is 170 Å². The highest BCUT2D eigenvalue weighted by atomic mass is 16.5. The highest BCUT2D eigenvalue weighted by molar-refractivity contribution is 5.80. The molecule has 0 aromatic heterocycles. The molecule has 6 nitrogen and oxygen atoms in total. The van der Waals surface area contributed by atoms with Crippen molar-refractivity contribution < 1.29 is 14.2 Å². The second-order valence-electron chi connectivity index (χ2n) is 7.15. The quantitative estimate of drug-likeness (QED) is 0.356. The average Bonchev–Trinajstić information content (AvgIpc) is 2.72. The lowest BCUT2D eigenvalue weighted by atomic mass is 10.1. The number of likely N-dealkylation sites (tertiary alicyclic amines) is 1.